The Labute approximate surface area is 118 Å². The lowest BCUT2D eigenvalue weighted by Crippen LogP contribution is -2.32. The molecule has 1 aliphatic heterocycles. The number of amidine groups is 1. The van der Waals surface area contributed by atoms with E-state index in [2.05, 4.69) is 17.2 Å². The maximum absolute atomic E-state index is 12.6. The van der Waals surface area contributed by atoms with Crippen LogP contribution in [0, 0.1) is 0 Å². The molecule has 0 fully saturated rings. The van der Waals surface area contributed by atoms with Crippen LogP contribution in [0.2, 0.25) is 0 Å². The molecule has 0 saturated heterocycles. The van der Waals surface area contributed by atoms with Gasteiger partial charge in [0.15, 0.2) is 11.0 Å². The van der Waals surface area contributed by atoms with Gasteiger partial charge in [-0.1, -0.05) is 49.0 Å². The molecule has 0 radical (unpaired) electrons. The summed E-state index contributed by atoms with van der Waals surface area (Å²) in [6.07, 6.45) is 2.81. The molecule has 0 unspecified atom stereocenters. The lowest BCUT2D eigenvalue weighted by molar-refractivity contribution is 0.102. The number of nitrogens with one attached hydrogen (secondary N) is 1. The van der Waals surface area contributed by atoms with Gasteiger partial charge in [0.1, 0.15) is 0 Å². The number of rotatable bonds is 3. The summed E-state index contributed by atoms with van der Waals surface area (Å²) in [5.41, 5.74) is 2.42. The zero-order valence-electron chi connectivity index (χ0n) is 11.4. The number of nitrogens with zero attached hydrogens (tertiary/aromatic N) is 1. The summed E-state index contributed by atoms with van der Waals surface area (Å²) < 4.78 is 0. The number of aliphatic imine (C=N–C) groups is 1. The third kappa shape index (κ3) is 2.89. The standard InChI is InChI=1S/C15H18N2OS/c1-4-12-13(10(2)16-15(17-12)19-3)14(18)11-8-6-5-7-9-11/h5-9,12H,4H2,1-3H3,(H,16,17)/t12-/m0/s1. The topological polar surface area (TPSA) is 41.5 Å². The second-order valence-corrected chi connectivity index (χ2v) is 5.22. The van der Waals surface area contributed by atoms with Gasteiger partial charge in [0.05, 0.1) is 6.04 Å². The smallest absolute Gasteiger partial charge is 0.192 e. The fourth-order valence-electron chi connectivity index (χ4n) is 2.18. The minimum absolute atomic E-state index is 0.0450. The molecule has 1 aliphatic rings. The Kier molecular flexibility index (Phi) is 4.43. The molecule has 0 amide bonds. The number of carbonyl (C=O) groups excluding carboxylic acids is 1. The highest BCUT2D eigenvalue weighted by Crippen LogP contribution is 2.24. The molecule has 3 nitrogen and oxygen atoms in total. The first-order valence-corrected chi connectivity index (χ1v) is 7.59. The van der Waals surface area contributed by atoms with Gasteiger partial charge in [0, 0.05) is 16.8 Å². The molecular formula is C15H18N2OS. The molecular weight excluding hydrogens is 256 g/mol. The number of thioether (sulfide) groups is 1. The van der Waals surface area contributed by atoms with Crippen LogP contribution in [0.25, 0.3) is 0 Å². The van der Waals surface area contributed by atoms with Crippen molar-refractivity contribution in [1.29, 1.82) is 0 Å². The molecule has 19 heavy (non-hydrogen) atoms. The van der Waals surface area contributed by atoms with E-state index in [0.717, 1.165) is 28.4 Å². The molecule has 100 valence electrons. The second kappa shape index (κ2) is 6.06. The summed E-state index contributed by atoms with van der Waals surface area (Å²) in [7, 11) is 0. The molecule has 1 N–H and O–H groups in total. The van der Waals surface area contributed by atoms with Crippen LogP contribution >= 0.6 is 11.8 Å². The molecule has 0 saturated carbocycles. The molecule has 1 aromatic carbocycles. The SMILES string of the molecule is CC[C@@H]1N=C(SC)NC(C)=C1C(=O)c1ccccc1. The lowest BCUT2D eigenvalue weighted by Gasteiger charge is -2.24. The Morgan fingerprint density at radius 1 is 1.37 bits per heavy atom. The lowest BCUT2D eigenvalue weighted by atomic mass is 9.93. The van der Waals surface area contributed by atoms with Crippen LogP contribution in [0.15, 0.2) is 46.6 Å². The maximum Gasteiger partial charge on any atom is 0.192 e. The Morgan fingerprint density at radius 2 is 2.05 bits per heavy atom. The molecule has 2 rings (SSSR count). The molecule has 0 aliphatic carbocycles. The fraction of sp³-hybridized carbons (Fsp3) is 0.333. The van der Waals surface area contributed by atoms with Crippen LogP contribution in [0.1, 0.15) is 30.6 Å². The van der Waals surface area contributed by atoms with E-state index in [0.29, 0.717) is 0 Å². The minimum Gasteiger partial charge on any atom is -0.338 e. The van der Waals surface area contributed by atoms with Gasteiger partial charge in [-0.05, 0) is 19.6 Å². The molecule has 4 heteroatoms. The Bertz CT molecular complexity index is 534. The van der Waals surface area contributed by atoms with Gasteiger partial charge in [-0.25, -0.2) is 0 Å². The number of hydrogen-bond acceptors (Lipinski definition) is 4. The zero-order valence-corrected chi connectivity index (χ0v) is 12.3. The van der Waals surface area contributed by atoms with Crippen LogP contribution < -0.4 is 5.32 Å². The number of ketones is 1. The summed E-state index contributed by atoms with van der Waals surface area (Å²) in [6, 6.07) is 9.34. The van der Waals surface area contributed by atoms with Gasteiger partial charge >= 0.3 is 0 Å². The average molecular weight is 274 g/mol. The van der Waals surface area contributed by atoms with Gasteiger partial charge in [0.25, 0.3) is 0 Å². The van der Waals surface area contributed by atoms with Crippen molar-refractivity contribution >= 4 is 22.7 Å². The Balaban J connectivity index is 2.35. The number of hydrogen-bond donors (Lipinski definition) is 1. The first-order valence-electron chi connectivity index (χ1n) is 6.36. The second-order valence-electron chi connectivity index (χ2n) is 4.42. The number of Topliss-reactive ketones (excluding diaryl/α,β-unsaturated/α-hetero) is 1. The third-order valence-corrected chi connectivity index (χ3v) is 3.76. The van der Waals surface area contributed by atoms with Gasteiger partial charge < -0.3 is 5.32 Å². The summed E-state index contributed by atoms with van der Waals surface area (Å²) in [6.45, 7) is 4.01. The van der Waals surface area contributed by atoms with Gasteiger partial charge in [0.2, 0.25) is 0 Å². The van der Waals surface area contributed by atoms with Crippen LogP contribution in [-0.4, -0.2) is 23.2 Å². The summed E-state index contributed by atoms with van der Waals surface area (Å²) in [5, 5.41) is 4.09. The van der Waals surface area contributed by atoms with Crippen molar-refractivity contribution in [1.82, 2.24) is 5.32 Å². The van der Waals surface area contributed by atoms with Crippen LogP contribution in [0.3, 0.4) is 0 Å². The van der Waals surface area contributed by atoms with E-state index in [9.17, 15) is 4.79 Å². The Hall–Kier alpha value is -1.55. The summed E-state index contributed by atoms with van der Waals surface area (Å²) in [5.74, 6) is 0.0707. The molecule has 0 spiro atoms. The monoisotopic (exact) mass is 274 g/mol. The van der Waals surface area contributed by atoms with Gasteiger partial charge in [-0.2, -0.15) is 0 Å². The molecule has 1 aromatic rings. The van der Waals surface area contributed by atoms with Gasteiger partial charge in [-0.15, -0.1) is 0 Å². The molecule has 0 aromatic heterocycles. The quantitative estimate of drug-likeness (QED) is 0.860. The average Bonchev–Trinajstić information content (AvgIpc) is 2.46. The van der Waals surface area contributed by atoms with Crippen molar-refractivity contribution in [3.05, 3.63) is 47.2 Å². The largest absolute Gasteiger partial charge is 0.338 e. The highest BCUT2D eigenvalue weighted by Gasteiger charge is 2.26. The van der Waals surface area contributed by atoms with Crippen LogP contribution in [-0.2, 0) is 0 Å². The van der Waals surface area contributed by atoms with Crippen molar-refractivity contribution < 1.29 is 4.79 Å². The Morgan fingerprint density at radius 3 is 2.63 bits per heavy atom. The highest BCUT2D eigenvalue weighted by atomic mass is 32.2. The minimum atomic E-state index is -0.0450. The first kappa shape index (κ1) is 13.9. The van der Waals surface area contributed by atoms with E-state index in [4.69, 9.17) is 0 Å². The molecule has 1 atom stereocenters. The first-order chi connectivity index (χ1) is 9.17. The summed E-state index contributed by atoms with van der Waals surface area (Å²) >= 11 is 1.57. The van der Waals surface area contributed by atoms with Crippen molar-refractivity contribution in [2.75, 3.05) is 6.26 Å². The fourth-order valence-corrected chi connectivity index (χ4v) is 2.67. The van der Waals surface area contributed by atoms with E-state index in [1.807, 2.05) is 43.5 Å². The van der Waals surface area contributed by atoms with E-state index >= 15 is 0 Å². The van der Waals surface area contributed by atoms with Crippen molar-refractivity contribution in [2.45, 2.75) is 26.3 Å². The predicted molar refractivity (Wildman–Crippen MR) is 81.6 cm³/mol. The third-order valence-electron chi connectivity index (χ3n) is 3.17. The maximum atomic E-state index is 12.6. The van der Waals surface area contributed by atoms with Crippen molar-refractivity contribution in [3.63, 3.8) is 0 Å². The van der Waals surface area contributed by atoms with E-state index in [1.54, 1.807) is 11.8 Å². The van der Waals surface area contributed by atoms with Crippen LogP contribution in [0.4, 0.5) is 0 Å². The van der Waals surface area contributed by atoms with Crippen molar-refractivity contribution in [2.24, 2.45) is 4.99 Å². The van der Waals surface area contributed by atoms with Crippen LogP contribution in [0.5, 0.6) is 0 Å². The zero-order chi connectivity index (χ0) is 13.8. The van der Waals surface area contributed by atoms with Crippen molar-refractivity contribution in [3.8, 4) is 0 Å². The summed E-state index contributed by atoms with van der Waals surface area (Å²) in [4.78, 5) is 17.2. The highest BCUT2D eigenvalue weighted by molar-refractivity contribution is 8.13. The molecule has 0 bridgehead atoms. The normalized spacial score (nSPS) is 18.9. The van der Waals surface area contributed by atoms with E-state index in [1.165, 1.54) is 0 Å². The van der Waals surface area contributed by atoms with E-state index in [-0.39, 0.29) is 11.8 Å². The number of benzene rings is 1. The molecule has 1 heterocycles. The van der Waals surface area contributed by atoms with E-state index < -0.39 is 0 Å². The number of allylic oxidation sites excluding steroid dienone is 1. The predicted octanol–water partition coefficient (Wildman–Crippen LogP) is 3.24. The van der Waals surface area contributed by atoms with Gasteiger partial charge in [-0.3, -0.25) is 9.79 Å². The number of carbonyl (C=O) groups is 1.